The number of aromatic nitrogens is 2. The van der Waals surface area contributed by atoms with Crippen molar-refractivity contribution in [2.75, 3.05) is 0 Å². The highest BCUT2D eigenvalue weighted by Crippen LogP contribution is 2.39. The third kappa shape index (κ3) is 5.07. The number of hydrogen-bond donors (Lipinski definition) is 0. The molecule has 0 atom stereocenters. The van der Waals surface area contributed by atoms with Crippen molar-refractivity contribution in [3.8, 4) is 11.4 Å². The molecule has 49 heavy (non-hydrogen) atoms. The lowest BCUT2D eigenvalue weighted by molar-refractivity contribution is 0.590. The Morgan fingerprint density at radius 1 is 0.408 bits per heavy atom. The standard InChI is InChI=1S/C44H40N2O2S/c1-43(2,3)29-21-23-41-37(25-29)38-26-30(44(4,5)6)22-24-42(38)46(41)32-14-12-16-34(28-32)49(47,48)33-15-11-13-31(27-33)45-39-19-9-7-17-35(39)36-18-8-10-20-40(36)45/h7-28H,1-6H3. The van der Waals surface area contributed by atoms with E-state index in [-0.39, 0.29) is 20.6 Å². The monoisotopic (exact) mass is 660 g/mol. The van der Waals surface area contributed by atoms with Gasteiger partial charge in [0.25, 0.3) is 0 Å². The molecule has 0 amide bonds. The first-order valence-corrected chi connectivity index (χ1v) is 18.3. The lowest BCUT2D eigenvalue weighted by Gasteiger charge is -2.19. The molecule has 6 aromatic carbocycles. The molecule has 2 heterocycles. The second kappa shape index (κ2) is 10.9. The predicted molar refractivity (Wildman–Crippen MR) is 204 cm³/mol. The number of nitrogens with zero attached hydrogens (tertiary/aromatic N) is 2. The fourth-order valence-corrected chi connectivity index (χ4v) is 8.49. The quantitative estimate of drug-likeness (QED) is 0.189. The maximum absolute atomic E-state index is 14.4. The minimum atomic E-state index is -3.86. The second-order valence-corrected chi connectivity index (χ2v) is 17.1. The van der Waals surface area contributed by atoms with Crippen LogP contribution in [0, 0.1) is 0 Å². The van der Waals surface area contributed by atoms with Crippen LogP contribution in [0.5, 0.6) is 0 Å². The van der Waals surface area contributed by atoms with Gasteiger partial charge in [0.05, 0.1) is 31.9 Å². The molecule has 8 rings (SSSR count). The Labute approximate surface area is 288 Å². The van der Waals surface area contributed by atoms with Crippen LogP contribution in [0.1, 0.15) is 52.7 Å². The van der Waals surface area contributed by atoms with Crippen molar-refractivity contribution in [1.82, 2.24) is 9.13 Å². The number of benzene rings is 6. The first-order valence-electron chi connectivity index (χ1n) is 16.9. The van der Waals surface area contributed by atoms with Crippen LogP contribution in [-0.2, 0) is 20.7 Å². The molecule has 0 fully saturated rings. The summed E-state index contributed by atoms with van der Waals surface area (Å²) in [5.74, 6) is 0. The van der Waals surface area contributed by atoms with E-state index in [1.165, 1.54) is 21.9 Å². The van der Waals surface area contributed by atoms with Crippen molar-refractivity contribution in [3.63, 3.8) is 0 Å². The summed E-state index contributed by atoms with van der Waals surface area (Å²) in [5.41, 5.74) is 8.31. The van der Waals surface area contributed by atoms with Crippen LogP contribution in [-0.4, -0.2) is 17.6 Å². The van der Waals surface area contributed by atoms with Gasteiger partial charge in [-0.05, 0) is 94.8 Å². The molecule has 0 spiro atoms. The molecule has 8 aromatic rings. The van der Waals surface area contributed by atoms with E-state index in [0.29, 0.717) is 0 Å². The summed E-state index contributed by atoms with van der Waals surface area (Å²) in [4.78, 5) is 0.521. The number of fused-ring (bicyclic) bond motifs is 6. The maximum Gasteiger partial charge on any atom is 0.206 e. The van der Waals surface area contributed by atoms with Gasteiger partial charge in [-0.1, -0.05) is 102 Å². The van der Waals surface area contributed by atoms with Crippen molar-refractivity contribution in [1.29, 1.82) is 0 Å². The van der Waals surface area contributed by atoms with Crippen molar-refractivity contribution in [3.05, 3.63) is 145 Å². The minimum absolute atomic E-state index is 0.00793. The third-order valence-corrected chi connectivity index (χ3v) is 11.6. The first kappa shape index (κ1) is 31.2. The molecule has 0 N–H and O–H groups in total. The zero-order chi connectivity index (χ0) is 34.3. The summed E-state index contributed by atoms with van der Waals surface area (Å²) in [6, 6.07) is 44.6. The van der Waals surface area contributed by atoms with Crippen LogP contribution in [0.4, 0.5) is 0 Å². The van der Waals surface area contributed by atoms with E-state index < -0.39 is 9.84 Å². The highest BCUT2D eigenvalue weighted by atomic mass is 32.2. The number of sulfone groups is 1. The normalized spacial score (nSPS) is 12.9. The molecule has 0 saturated heterocycles. The second-order valence-electron chi connectivity index (χ2n) is 15.2. The smallest absolute Gasteiger partial charge is 0.206 e. The summed E-state index contributed by atoms with van der Waals surface area (Å²) >= 11 is 0. The predicted octanol–water partition coefficient (Wildman–Crippen LogP) is 11.3. The summed E-state index contributed by atoms with van der Waals surface area (Å²) in [6.07, 6.45) is 0. The van der Waals surface area contributed by atoms with Crippen molar-refractivity contribution >= 4 is 53.4 Å². The maximum atomic E-state index is 14.4. The van der Waals surface area contributed by atoms with Gasteiger partial charge in [-0.2, -0.15) is 0 Å². The Hall–Kier alpha value is -5.13. The minimum Gasteiger partial charge on any atom is -0.309 e. The van der Waals surface area contributed by atoms with Gasteiger partial charge < -0.3 is 9.13 Å². The Morgan fingerprint density at radius 3 is 1.20 bits per heavy atom. The van der Waals surface area contributed by atoms with Gasteiger partial charge in [0.15, 0.2) is 0 Å². The molecule has 4 nitrogen and oxygen atoms in total. The van der Waals surface area contributed by atoms with E-state index in [9.17, 15) is 8.42 Å². The average Bonchev–Trinajstić information content (AvgIpc) is 3.60. The molecule has 5 heteroatoms. The Balaban J connectivity index is 1.29. The van der Waals surface area contributed by atoms with E-state index in [2.05, 4.69) is 111 Å². The van der Waals surface area contributed by atoms with Gasteiger partial charge in [0.2, 0.25) is 9.84 Å². The van der Waals surface area contributed by atoms with E-state index in [1.807, 2.05) is 54.6 Å². The highest BCUT2D eigenvalue weighted by molar-refractivity contribution is 7.91. The first-order chi connectivity index (χ1) is 23.3. The van der Waals surface area contributed by atoms with E-state index >= 15 is 0 Å². The molecule has 0 aliphatic carbocycles. The lowest BCUT2D eigenvalue weighted by atomic mass is 9.85. The molecule has 244 valence electrons. The van der Waals surface area contributed by atoms with Gasteiger partial charge in [-0.25, -0.2) is 8.42 Å². The Morgan fingerprint density at radius 2 is 0.796 bits per heavy atom. The molecule has 0 aliphatic rings. The largest absolute Gasteiger partial charge is 0.309 e. The highest BCUT2D eigenvalue weighted by Gasteiger charge is 2.23. The number of rotatable bonds is 4. The third-order valence-electron chi connectivity index (χ3n) is 9.85. The van der Waals surface area contributed by atoms with E-state index in [0.717, 1.165) is 44.2 Å². The van der Waals surface area contributed by atoms with Crippen molar-refractivity contribution < 1.29 is 8.42 Å². The van der Waals surface area contributed by atoms with E-state index in [1.54, 1.807) is 18.2 Å². The fourth-order valence-electron chi connectivity index (χ4n) is 7.15. The molecule has 0 radical (unpaired) electrons. The Bertz CT molecular complexity index is 2570. The van der Waals surface area contributed by atoms with Crippen molar-refractivity contribution in [2.45, 2.75) is 62.2 Å². The average molecular weight is 661 g/mol. The molecule has 0 bridgehead atoms. The Kier molecular flexibility index (Phi) is 6.96. The lowest BCUT2D eigenvalue weighted by Crippen LogP contribution is -2.10. The summed E-state index contributed by atoms with van der Waals surface area (Å²) in [5, 5.41) is 4.60. The fraction of sp³-hybridized carbons (Fsp3) is 0.182. The van der Waals surface area contributed by atoms with Crippen LogP contribution in [0.25, 0.3) is 55.0 Å². The molecule has 2 aromatic heterocycles. The topological polar surface area (TPSA) is 44.0 Å². The molecule has 0 saturated carbocycles. The molecule has 0 unspecified atom stereocenters. The van der Waals surface area contributed by atoms with Crippen LogP contribution >= 0.6 is 0 Å². The summed E-state index contributed by atoms with van der Waals surface area (Å²) in [6.45, 7) is 13.4. The van der Waals surface area contributed by atoms with Gasteiger partial charge in [0, 0.05) is 32.9 Å². The number of para-hydroxylation sites is 2. The SMILES string of the molecule is CC(C)(C)c1ccc2c(c1)c1cc(C(C)(C)C)ccc1n2-c1cccc(S(=O)(=O)c2cccc(-n3c4ccccc4c4ccccc43)c2)c1. The zero-order valence-corrected chi connectivity index (χ0v) is 29.6. The molecule has 0 aliphatic heterocycles. The zero-order valence-electron chi connectivity index (χ0n) is 28.8. The molecular formula is C44H40N2O2S. The van der Waals surface area contributed by atoms with Gasteiger partial charge in [0.1, 0.15) is 0 Å². The van der Waals surface area contributed by atoms with E-state index in [4.69, 9.17) is 0 Å². The van der Waals surface area contributed by atoms with Crippen LogP contribution in [0.2, 0.25) is 0 Å². The van der Waals surface area contributed by atoms with Gasteiger partial charge >= 0.3 is 0 Å². The van der Waals surface area contributed by atoms with Gasteiger partial charge in [-0.15, -0.1) is 0 Å². The molecular weight excluding hydrogens is 621 g/mol. The summed E-state index contributed by atoms with van der Waals surface area (Å²) in [7, 11) is -3.86. The van der Waals surface area contributed by atoms with Crippen molar-refractivity contribution in [2.24, 2.45) is 0 Å². The van der Waals surface area contributed by atoms with Crippen LogP contribution in [0.3, 0.4) is 0 Å². The van der Waals surface area contributed by atoms with Gasteiger partial charge in [-0.3, -0.25) is 0 Å². The van der Waals surface area contributed by atoms with Crippen LogP contribution < -0.4 is 0 Å². The number of hydrogen-bond acceptors (Lipinski definition) is 2. The summed E-state index contributed by atoms with van der Waals surface area (Å²) < 4.78 is 33.2. The van der Waals surface area contributed by atoms with Crippen LogP contribution in [0.15, 0.2) is 143 Å².